The fraction of sp³-hybridized carbons (Fsp3) is 0.690. The summed E-state index contributed by atoms with van der Waals surface area (Å²) in [6.07, 6.45) is 0.835. The largest absolute Gasteiger partial charge is 0.454 e. The predicted molar refractivity (Wildman–Crippen MR) is 146 cm³/mol. The Morgan fingerprint density at radius 2 is 1.54 bits per heavy atom. The maximum absolute atomic E-state index is 13.6. The van der Waals surface area contributed by atoms with Crippen molar-refractivity contribution in [1.29, 1.82) is 0 Å². The predicted octanol–water partition coefficient (Wildman–Crippen LogP) is 4.56. The van der Waals surface area contributed by atoms with Crippen molar-refractivity contribution in [2.75, 3.05) is 0 Å². The Morgan fingerprint density at radius 3 is 2.08 bits per heavy atom. The minimum Gasteiger partial charge on any atom is -0.454 e. The molecule has 216 valence electrons. The van der Waals surface area contributed by atoms with Gasteiger partial charge in [-0.15, -0.1) is 0 Å². The number of hydrogen-bond donors (Lipinski definition) is 1. The van der Waals surface area contributed by atoms with Crippen LogP contribution < -0.4 is 5.32 Å². The highest BCUT2D eigenvalue weighted by molar-refractivity contribution is 6.73. The number of benzene rings is 1. The molecule has 0 radical (unpaired) electrons. The van der Waals surface area contributed by atoms with Crippen molar-refractivity contribution in [1.82, 2.24) is 5.32 Å². The summed E-state index contributed by atoms with van der Waals surface area (Å²) in [5.41, 5.74) is 0.498. The van der Waals surface area contributed by atoms with E-state index in [1.807, 2.05) is 6.07 Å². The molecule has 1 aliphatic heterocycles. The molecule has 2 aliphatic carbocycles. The minimum atomic E-state index is -2.16. The van der Waals surface area contributed by atoms with E-state index in [0.29, 0.717) is 5.56 Å². The molecule has 1 aromatic carbocycles. The Kier molecular flexibility index (Phi) is 9.51. The van der Waals surface area contributed by atoms with E-state index in [1.165, 1.54) is 13.8 Å². The lowest BCUT2D eigenvalue weighted by molar-refractivity contribution is -0.219. The van der Waals surface area contributed by atoms with Gasteiger partial charge < -0.3 is 28.7 Å². The quantitative estimate of drug-likeness (QED) is 0.327. The van der Waals surface area contributed by atoms with Gasteiger partial charge >= 0.3 is 11.9 Å². The van der Waals surface area contributed by atoms with Crippen LogP contribution in [-0.2, 0) is 37.8 Å². The summed E-state index contributed by atoms with van der Waals surface area (Å²) >= 11 is 0. The van der Waals surface area contributed by atoms with Gasteiger partial charge in [0.05, 0.1) is 12.1 Å². The molecule has 0 unspecified atom stereocenters. The molecule has 1 aromatic rings. The van der Waals surface area contributed by atoms with E-state index in [-0.39, 0.29) is 5.91 Å². The van der Waals surface area contributed by atoms with Gasteiger partial charge in [-0.2, -0.15) is 0 Å². The number of hydrogen-bond acceptors (Lipinski definition) is 8. The summed E-state index contributed by atoms with van der Waals surface area (Å²) in [7, 11) is -2.16. The second kappa shape index (κ2) is 12.5. The molecular weight excluding hydrogens is 518 g/mol. The van der Waals surface area contributed by atoms with Gasteiger partial charge in [0, 0.05) is 32.3 Å². The van der Waals surface area contributed by atoms with Gasteiger partial charge in [-0.3, -0.25) is 9.59 Å². The van der Waals surface area contributed by atoms with Gasteiger partial charge in [0.15, 0.2) is 20.2 Å². The smallest absolute Gasteiger partial charge is 0.352 e. The van der Waals surface area contributed by atoms with Crippen molar-refractivity contribution in [3.63, 3.8) is 0 Å². The fourth-order valence-corrected chi connectivity index (χ4v) is 9.16. The summed E-state index contributed by atoms with van der Waals surface area (Å²) in [4.78, 5) is 38.0. The van der Waals surface area contributed by atoms with Gasteiger partial charge in [-0.1, -0.05) is 57.5 Å². The lowest BCUT2D eigenvalue weighted by atomic mass is 9.94. The highest BCUT2D eigenvalue weighted by Gasteiger charge is 2.64. The monoisotopic (exact) mass is 561 g/mol. The zero-order chi connectivity index (χ0) is 28.2. The van der Waals surface area contributed by atoms with Crippen molar-refractivity contribution in [2.24, 2.45) is 0 Å². The molecule has 1 spiro atoms. The summed E-state index contributed by atoms with van der Waals surface area (Å²) < 4.78 is 31.8. The maximum Gasteiger partial charge on any atom is 0.352 e. The van der Waals surface area contributed by atoms with Crippen molar-refractivity contribution >= 4 is 26.2 Å². The molecule has 6 atom stereocenters. The molecule has 3 fully saturated rings. The van der Waals surface area contributed by atoms with Crippen molar-refractivity contribution in [2.45, 2.75) is 127 Å². The number of nitrogens with one attached hydrogen (secondary N) is 1. The van der Waals surface area contributed by atoms with Crippen LogP contribution in [0.1, 0.15) is 78.4 Å². The third-order valence-electron chi connectivity index (χ3n) is 8.54. The second-order valence-electron chi connectivity index (χ2n) is 11.0. The maximum atomic E-state index is 13.6. The van der Waals surface area contributed by atoms with E-state index in [4.69, 9.17) is 23.4 Å². The van der Waals surface area contributed by atoms with E-state index in [9.17, 15) is 14.4 Å². The molecule has 0 bridgehead atoms. The van der Waals surface area contributed by atoms with E-state index < -0.39 is 62.6 Å². The zero-order valence-electron chi connectivity index (χ0n) is 23.8. The summed E-state index contributed by atoms with van der Waals surface area (Å²) in [5.74, 6) is -2.34. The Morgan fingerprint density at radius 1 is 0.949 bits per heavy atom. The normalized spacial score (nSPS) is 28.5. The SMILES string of the molecule is CC[Si](CC)(CC)O[C@@H]1[C@H](NC(C)=O)[C@@H](OC(=O)[C@H](OC(C)=O)c2ccccc2)[C@@H]2OC3(CCCCC3)O[C@@H]21. The van der Waals surface area contributed by atoms with E-state index in [0.717, 1.165) is 50.2 Å². The standard InChI is InChI=1S/C29H43NO8Si/c1-6-39(7-2,8-3)38-25-22(30-19(4)31)24(26-27(25)37-29(36-26)17-13-10-14-18-29)35-28(33)23(34-20(5)32)21-15-11-9-12-16-21/h9,11-12,15-16,22-27H,6-8,10,13-14,17-18H2,1-5H3,(H,30,31)/t22-,23-,24-,25-,26+,27-/m1/s1. The van der Waals surface area contributed by atoms with Crippen LogP contribution in [0.25, 0.3) is 0 Å². The number of carbonyl (C=O) groups excluding carboxylic acids is 3. The third kappa shape index (κ3) is 6.39. The average molecular weight is 562 g/mol. The fourth-order valence-electron chi connectivity index (χ4n) is 6.30. The van der Waals surface area contributed by atoms with Crippen LogP contribution in [0.5, 0.6) is 0 Å². The van der Waals surface area contributed by atoms with Crippen molar-refractivity contribution in [3.8, 4) is 0 Å². The van der Waals surface area contributed by atoms with Crippen LogP contribution >= 0.6 is 0 Å². The molecule has 0 aromatic heterocycles. The van der Waals surface area contributed by atoms with E-state index in [1.54, 1.807) is 24.3 Å². The van der Waals surface area contributed by atoms with Crippen molar-refractivity contribution < 1.29 is 37.8 Å². The van der Waals surface area contributed by atoms with Crippen LogP contribution in [0.15, 0.2) is 30.3 Å². The molecule has 4 rings (SSSR count). The summed E-state index contributed by atoms with van der Waals surface area (Å²) in [6, 6.07) is 10.8. The lowest BCUT2D eigenvalue weighted by Gasteiger charge is -2.39. The highest BCUT2D eigenvalue weighted by Crippen LogP contribution is 2.48. The number of carbonyl (C=O) groups is 3. The van der Waals surface area contributed by atoms with Gasteiger partial charge in [0.2, 0.25) is 12.0 Å². The van der Waals surface area contributed by atoms with E-state index in [2.05, 4.69) is 26.1 Å². The van der Waals surface area contributed by atoms with Crippen LogP contribution in [0.2, 0.25) is 18.1 Å². The number of rotatable bonds is 10. The minimum absolute atomic E-state index is 0.265. The Bertz CT molecular complexity index is 1000. The molecular formula is C29H43NO8Si. The molecule has 2 saturated carbocycles. The zero-order valence-corrected chi connectivity index (χ0v) is 24.8. The van der Waals surface area contributed by atoms with Gasteiger partial charge in [-0.05, 0) is 31.0 Å². The highest BCUT2D eigenvalue weighted by atomic mass is 28.4. The molecule has 1 saturated heterocycles. The lowest BCUT2D eigenvalue weighted by Crippen LogP contribution is -2.55. The Balaban J connectivity index is 1.69. The first-order valence-electron chi connectivity index (χ1n) is 14.4. The second-order valence-corrected chi connectivity index (χ2v) is 15.7. The number of amides is 1. The van der Waals surface area contributed by atoms with Crippen LogP contribution in [0.4, 0.5) is 0 Å². The molecule has 1 heterocycles. The first kappa shape index (κ1) is 29.7. The summed E-state index contributed by atoms with van der Waals surface area (Å²) in [6.45, 7) is 9.13. The number of fused-ring (bicyclic) bond motifs is 1. The third-order valence-corrected chi connectivity index (χ3v) is 13.2. The molecule has 3 aliphatic rings. The van der Waals surface area contributed by atoms with Gasteiger partial charge in [-0.25, -0.2) is 4.79 Å². The Labute approximate surface area is 232 Å². The van der Waals surface area contributed by atoms with Gasteiger partial charge in [0.1, 0.15) is 12.2 Å². The average Bonchev–Trinajstić information content (AvgIpc) is 3.39. The van der Waals surface area contributed by atoms with E-state index >= 15 is 0 Å². The molecule has 39 heavy (non-hydrogen) atoms. The topological polar surface area (TPSA) is 109 Å². The van der Waals surface area contributed by atoms with Crippen LogP contribution in [-0.4, -0.2) is 62.4 Å². The molecule has 1 amide bonds. The molecule has 1 N–H and O–H groups in total. The Hall–Kier alpha value is -2.27. The van der Waals surface area contributed by atoms with Crippen LogP contribution in [0.3, 0.4) is 0 Å². The van der Waals surface area contributed by atoms with Gasteiger partial charge in [0.25, 0.3) is 0 Å². The van der Waals surface area contributed by atoms with Crippen LogP contribution in [0, 0.1) is 0 Å². The molecule has 9 nitrogen and oxygen atoms in total. The summed E-state index contributed by atoms with van der Waals surface area (Å²) in [5, 5.41) is 2.99. The number of esters is 2. The van der Waals surface area contributed by atoms with Crippen molar-refractivity contribution in [3.05, 3.63) is 35.9 Å². The first-order valence-corrected chi connectivity index (χ1v) is 16.9. The molecule has 10 heteroatoms. The first-order chi connectivity index (χ1) is 18.7. The number of ether oxygens (including phenoxy) is 4.